The van der Waals surface area contributed by atoms with Gasteiger partial charge in [-0.15, -0.1) is 0 Å². The minimum absolute atomic E-state index is 0.0817. The Morgan fingerprint density at radius 2 is 1.71 bits per heavy atom. The van der Waals surface area contributed by atoms with Gasteiger partial charge in [0, 0.05) is 12.5 Å². The molecule has 174 valence electrons. The summed E-state index contributed by atoms with van der Waals surface area (Å²) >= 11 is 0. The number of carboxylic acids is 1. The molecule has 0 amide bonds. The van der Waals surface area contributed by atoms with Crippen LogP contribution in [0.15, 0.2) is 24.3 Å². The number of aliphatic hydroxyl groups excluding tert-OH is 3. The Balaban J connectivity index is 1.75. The number of carbonyl (C=O) groups is 1. The van der Waals surface area contributed by atoms with Gasteiger partial charge in [-0.05, 0) is 44.6 Å². The molecule has 1 saturated heterocycles. The van der Waals surface area contributed by atoms with Crippen molar-refractivity contribution in [1.29, 1.82) is 0 Å². The van der Waals surface area contributed by atoms with Crippen molar-refractivity contribution >= 4 is 5.97 Å². The number of benzene rings is 1. The Hall–Kier alpha value is -1.75. The van der Waals surface area contributed by atoms with Crippen molar-refractivity contribution in [2.75, 3.05) is 20.6 Å². The van der Waals surface area contributed by atoms with E-state index in [0.29, 0.717) is 12.3 Å². The molecule has 3 rings (SSSR count). The maximum atomic E-state index is 11.3. The zero-order chi connectivity index (χ0) is 22.8. The molecule has 2 fully saturated rings. The van der Waals surface area contributed by atoms with E-state index in [1.54, 1.807) is 12.1 Å². The van der Waals surface area contributed by atoms with Crippen LogP contribution in [0.2, 0.25) is 0 Å². The van der Waals surface area contributed by atoms with Gasteiger partial charge in [0.1, 0.15) is 24.1 Å². The second-order valence-electron chi connectivity index (χ2n) is 8.90. The van der Waals surface area contributed by atoms with Crippen LogP contribution in [0.3, 0.4) is 0 Å². The van der Waals surface area contributed by atoms with Crippen molar-refractivity contribution in [2.24, 2.45) is 0 Å². The summed E-state index contributed by atoms with van der Waals surface area (Å²) in [5.41, 5.74) is 0.178. The summed E-state index contributed by atoms with van der Waals surface area (Å²) in [4.78, 5) is 13.3. The van der Waals surface area contributed by atoms with E-state index in [1.807, 2.05) is 31.1 Å². The third-order valence-corrected chi connectivity index (χ3v) is 6.26. The highest BCUT2D eigenvalue weighted by atomic mass is 16.7. The van der Waals surface area contributed by atoms with Gasteiger partial charge >= 0.3 is 5.97 Å². The summed E-state index contributed by atoms with van der Waals surface area (Å²) in [5, 5.41) is 50.3. The van der Waals surface area contributed by atoms with Gasteiger partial charge in [0.05, 0.1) is 5.60 Å². The Morgan fingerprint density at radius 3 is 2.26 bits per heavy atom. The number of hydrogen-bond donors (Lipinski definition) is 5. The maximum absolute atomic E-state index is 11.3. The molecule has 1 aromatic rings. The molecule has 0 bridgehead atoms. The fraction of sp³-hybridized carbons (Fsp3) is 0.682. The molecular weight excluding hydrogens is 406 g/mol. The highest BCUT2D eigenvalue weighted by Gasteiger charge is 2.48. The molecule has 0 radical (unpaired) electrons. The standard InChI is InChI=1S/C22H33NO8/c1-23(2)12-15(22(29)10-4-3-5-11-22)13-6-8-14(9-7-13)30-21-18(26)16(24)17(25)19(31-21)20(27)28/h6-9,15-19,21,24-26,29H,3-5,10-12H2,1-2H3,(H,27,28)/t15-,16-,17+,18-,19+,21-/m1/s1. The number of likely N-dealkylation sites (N-methyl/N-ethyl adjacent to an activating group) is 1. The van der Waals surface area contributed by atoms with E-state index >= 15 is 0 Å². The molecular formula is C22H33NO8. The van der Waals surface area contributed by atoms with E-state index in [4.69, 9.17) is 14.6 Å². The lowest BCUT2D eigenvalue weighted by Gasteiger charge is -2.41. The molecule has 31 heavy (non-hydrogen) atoms. The summed E-state index contributed by atoms with van der Waals surface area (Å²) in [6.07, 6.45) is -3.64. The minimum Gasteiger partial charge on any atom is -0.479 e. The van der Waals surface area contributed by atoms with Crippen molar-refractivity contribution < 1.29 is 39.8 Å². The van der Waals surface area contributed by atoms with Crippen molar-refractivity contribution in [3.63, 3.8) is 0 Å². The molecule has 1 aliphatic carbocycles. The minimum atomic E-state index is -1.77. The van der Waals surface area contributed by atoms with E-state index in [0.717, 1.165) is 37.7 Å². The largest absolute Gasteiger partial charge is 0.479 e. The van der Waals surface area contributed by atoms with Crippen molar-refractivity contribution in [2.45, 2.75) is 74.3 Å². The maximum Gasteiger partial charge on any atom is 0.335 e. The van der Waals surface area contributed by atoms with Crippen molar-refractivity contribution in [3.8, 4) is 5.75 Å². The molecule has 1 heterocycles. The first kappa shape index (κ1) is 23.9. The molecule has 0 spiro atoms. The van der Waals surface area contributed by atoms with Crippen LogP contribution in [-0.2, 0) is 9.53 Å². The molecule has 1 saturated carbocycles. The Kier molecular flexibility index (Phi) is 7.56. The van der Waals surface area contributed by atoms with E-state index in [1.165, 1.54) is 0 Å². The predicted octanol–water partition coefficient (Wildman–Crippen LogP) is 0.298. The lowest BCUT2D eigenvalue weighted by molar-refractivity contribution is -0.271. The average molecular weight is 440 g/mol. The zero-order valence-corrected chi connectivity index (χ0v) is 17.9. The van der Waals surface area contributed by atoms with Crippen LogP contribution in [-0.4, -0.2) is 93.3 Å². The van der Waals surface area contributed by atoms with E-state index in [9.17, 15) is 25.2 Å². The van der Waals surface area contributed by atoms with Gasteiger partial charge in [-0.25, -0.2) is 4.79 Å². The molecule has 0 aromatic heterocycles. The number of rotatable bonds is 7. The molecule has 1 aliphatic heterocycles. The molecule has 2 aliphatic rings. The van der Waals surface area contributed by atoms with E-state index < -0.39 is 42.3 Å². The molecule has 5 N–H and O–H groups in total. The van der Waals surface area contributed by atoms with Gasteiger partial charge in [-0.3, -0.25) is 0 Å². The van der Waals surface area contributed by atoms with Gasteiger partial charge in [0.2, 0.25) is 6.29 Å². The second-order valence-corrected chi connectivity index (χ2v) is 8.90. The SMILES string of the molecule is CN(C)C[C@H](c1ccc(O[C@@H]2O[C@H](C(=O)O)[C@@H](O)[C@@H](O)[C@H]2O)cc1)C1(O)CCCCC1. The third kappa shape index (κ3) is 5.36. The molecule has 1 aromatic carbocycles. The fourth-order valence-corrected chi connectivity index (χ4v) is 4.53. The van der Waals surface area contributed by atoms with Crippen LogP contribution in [0.25, 0.3) is 0 Å². The van der Waals surface area contributed by atoms with Crippen LogP contribution in [0.1, 0.15) is 43.6 Å². The van der Waals surface area contributed by atoms with Gasteiger partial charge in [-0.2, -0.15) is 0 Å². The predicted molar refractivity (Wildman–Crippen MR) is 111 cm³/mol. The highest BCUT2D eigenvalue weighted by Crippen LogP contribution is 2.40. The van der Waals surface area contributed by atoms with Crippen LogP contribution in [0.4, 0.5) is 0 Å². The van der Waals surface area contributed by atoms with Crippen LogP contribution in [0, 0.1) is 0 Å². The number of nitrogens with zero attached hydrogens (tertiary/aromatic N) is 1. The summed E-state index contributed by atoms with van der Waals surface area (Å²) < 4.78 is 10.7. The second kappa shape index (κ2) is 9.81. The highest BCUT2D eigenvalue weighted by molar-refractivity contribution is 5.73. The fourth-order valence-electron chi connectivity index (χ4n) is 4.53. The third-order valence-electron chi connectivity index (χ3n) is 6.26. The number of ether oxygens (including phenoxy) is 2. The monoisotopic (exact) mass is 439 g/mol. The number of carboxylic acid groups (broad SMARTS) is 1. The summed E-state index contributed by atoms with van der Waals surface area (Å²) in [6.45, 7) is 0.686. The van der Waals surface area contributed by atoms with Crippen LogP contribution < -0.4 is 4.74 Å². The normalized spacial score (nSPS) is 31.9. The first-order chi connectivity index (χ1) is 14.6. The Labute approximate surface area is 181 Å². The Morgan fingerprint density at radius 1 is 1.10 bits per heavy atom. The van der Waals surface area contributed by atoms with Crippen LogP contribution in [0.5, 0.6) is 5.75 Å². The summed E-state index contributed by atoms with van der Waals surface area (Å²) in [6, 6.07) is 7.00. The van der Waals surface area contributed by atoms with E-state index in [-0.39, 0.29) is 5.92 Å². The smallest absolute Gasteiger partial charge is 0.335 e. The number of aliphatic hydroxyl groups is 4. The first-order valence-corrected chi connectivity index (χ1v) is 10.7. The summed E-state index contributed by atoms with van der Waals surface area (Å²) in [7, 11) is 3.94. The number of hydrogen-bond acceptors (Lipinski definition) is 8. The lowest BCUT2D eigenvalue weighted by Crippen LogP contribution is -2.61. The first-order valence-electron chi connectivity index (χ1n) is 10.7. The molecule has 9 heteroatoms. The lowest BCUT2D eigenvalue weighted by atomic mass is 9.72. The summed E-state index contributed by atoms with van der Waals surface area (Å²) in [5.74, 6) is -1.24. The van der Waals surface area contributed by atoms with Crippen molar-refractivity contribution in [1.82, 2.24) is 4.90 Å². The topological polar surface area (TPSA) is 140 Å². The van der Waals surface area contributed by atoms with Gasteiger partial charge in [0.25, 0.3) is 0 Å². The molecule has 6 atom stereocenters. The van der Waals surface area contributed by atoms with Gasteiger partial charge in [-0.1, -0.05) is 31.4 Å². The number of aliphatic carboxylic acids is 1. The zero-order valence-electron chi connectivity index (χ0n) is 17.9. The molecule has 9 nitrogen and oxygen atoms in total. The van der Waals surface area contributed by atoms with Crippen LogP contribution >= 0.6 is 0 Å². The van der Waals surface area contributed by atoms with E-state index in [2.05, 4.69) is 0 Å². The molecule has 0 unspecified atom stereocenters. The van der Waals surface area contributed by atoms with Gasteiger partial charge < -0.3 is 39.9 Å². The van der Waals surface area contributed by atoms with Crippen molar-refractivity contribution in [3.05, 3.63) is 29.8 Å². The quantitative estimate of drug-likeness (QED) is 0.406. The Bertz CT molecular complexity index is 734. The average Bonchev–Trinajstić information content (AvgIpc) is 2.73. The van der Waals surface area contributed by atoms with Gasteiger partial charge in [0.15, 0.2) is 6.10 Å².